The van der Waals surface area contributed by atoms with Gasteiger partial charge in [0.25, 0.3) is 0 Å². The molecule has 0 saturated heterocycles. The second-order valence-corrected chi connectivity index (χ2v) is 6.50. The molecule has 0 spiro atoms. The van der Waals surface area contributed by atoms with Gasteiger partial charge in [-0.05, 0) is 38.1 Å². The SMILES string of the molecule is CN=C(NCc1ccccc1CN(C)C(C)C)NCc1ccnn1C. The Kier molecular flexibility index (Phi) is 7.01. The van der Waals surface area contributed by atoms with Crippen LogP contribution in [0.4, 0.5) is 0 Å². The van der Waals surface area contributed by atoms with Crippen LogP contribution in [0, 0.1) is 0 Å². The van der Waals surface area contributed by atoms with Crippen LogP contribution in [-0.4, -0.2) is 40.8 Å². The van der Waals surface area contributed by atoms with Gasteiger partial charge in [0.15, 0.2) is 5.96 Å². The Hall–Kier alpha value is -2.34. The van der Waals surface area contributed by atoms with E-state index in [4.69, 9.17) is 0 Å². The van der Waals surface area contributed by atoms with E-state index in [9.17, 15) is 0 Å². The second kappa shape index (κ2) is 9.22. The molecule has 1 aromatic carbocycles. The zero-order valence-corrected chi connectivity index (χ0v) is 16.0. The van der Waals surface area contributed by atoms with E-state index in [0.717, 1.165) is 24.7 Å². The van der Waals surface area contributed by atoms with Gasteiger partial charge >= 0.3 is 0 Å². The number of guanidine groups is 1. The molecule has 6 nitrogen and oxygen atoms in total. The second-order valence-electron chi connectivity index (χ2n) is 6.50. The van der Waals surface area contributed by atoms with E-state index in [-0.39, 0.29) is 0 Å². The summed E-state index contributed by atoms with van der Waals surface area (Å²) in [4.78, 5) is 6.65. The van der Waals surface area contributed by atoms with Crippen molar-refractivity contribution in [1.29, 1.82) is 0 Å². The van der Waals surface area contributed by atoms with Crippen molar-refractivity contribution in [3.05, 3.63) is 53.3 Å². The van der Waals surface area contributed by atoms with Gasteiger partial charge in [0, 0.05) is 39.4 Å². The molecule has 25 heavy (non-hydrogen) atoms. The highest BCUT2D eigenvalue weighted by Gasteiger charge is 2.09. The molecule has 2 rings (SSSR count). The third kappa shape index (κ3) is 5.60. The Balaban J connectivity index is 1.94. The van der Waals surface area contributed by atoms with Crippen LogP contribution in [0.25, 0.3) is 0 Å². The van der Waals surface area contributed by atoms with Crippen LogP contribution in [-0.2, 0) is 26.7 Å². The minimum Gasteiger partial charge on any atom is -0.352 e. The largest absolute Gasteiger partial charge is 0.352 e. The van der Waals surface area contributed by atoms with Crippen LogP contribution >= 0.6 is 0 Å². The summed E-state index contributed by atoms with van der Waals surface area (Å²) in [7, 11) is 5.88. The molecule has 0 aliphatic heterocycles. The predicted octanol–water partition coefficient (Wildman–Crippen LogP) is 2.13. The van der Waals surface area contributed by atoms with Crippen molar-refractivity contribution < 1.29 is 0 Å². The number of hydrogen-bond donors (Lipinski definition) is 2. The van der Waals surface area contributed by atoms with E-state index in [1.54, 1.807) is 13.2 Å². The number of rotatable bonds is 7. The minimum atomic E-state index is 0.523. The summed E-state index contributed by atoms with van der Waals surface area (Å²) >= 11 is 0. The molecule has 0 bridgehead atoms. The van der Waals surface area contributed by atoms with Crippen molar-refractivity contribution in [3.8, 4) is 0 Å². The maximum atomic E-state index is 4.31. The number of aryl methyl sites for hydroxylation is 1. The maximum Gasteiger partial charge on any atom is 0.191 e. The molecular weight excluding hydrogens is 312 g/mol. The van der Waals surface area contributed by atoms with Gasteiger partial charge in [0.05, 0.1) is 12.2 Å². The van der Waals surface area contributed by atoms with Gasteiger partial charge < -0.3 is 10.6 Å². The van der Waals surface area contributed by atoms with E-state index >= 15 is 0 Å². The third-order valence-electron chi connectivity index (χ3n) is 4.45. The zero-order valence-electron chi connectivity index (χ0n) is 16.0. The lowest BCUT2D eigenvalue weighted by Crippen LogP contribution is -2.37. The summed E-state index contributed by atoms with van der Waals surface area (Å²) in [5, 5.41) is 10.9. The highest BCUT2D eigenvalue weighted by molar-refractivity contribution is 5.79. The average molecular weight is 342 g/mol. The van der Waals surface area contributed by atoms with Crippen LogP contribution in [0.15, 0.2) is 41.5 Å². The first-order chi connectivity index (χ1) is 12.0. The monoisotopic (exact) mass is 342 g/mol. The molecule has 0 fully saturated rings. The Morgan fingerprint density at radius 1 is 1.16 bits per heavy atom. The first kappa shape index (κ1) is 19.0. The number of nitrogens with one attached hydrogen (secondary N) is 2. The standard InChI is InChI=1S/C19H30N6/c1-15(2)24(4)14-17-9-7-6-8-16(17)12-21-19(20-3)22-13-18-10-11-23-25(18)5/h6-11,15H,12-14H2,1-5H3,(H2,20,21,22). The highest BCUT2D eigenvalue weighted by Crippen LogP contribution is 2.12. The molecule has 0 radical (unpaired) electrons. The summed E-state index contributed by atoms with van der Waals surface area (Å²) < 4.78 is 1.86. The minimum absolute atomic E-state index is 0.523. The topological polar surface area (TPSA) is 57.5 Å². The summed E-state index contributed by atoms with van der Waals surface area (Å²) in [6, 6.07) is 11.1. The van der Waals surface area contributed by atoms with E-state index in [2.05, 4.69) is 70.8 Å². The van der Waals surface area contributed by atoms with Gasteiger partial charge in [-0.25, -0.2) is 0 Å². The third-order valence-corrected chi connectivity index (χ3v) is 4.45. The van der Waals surface area contributed by atoms with Crippen LogP contribution in [0.3, 0.4) is 0 Å². The molecule has 1 aromatic heterocycles. The summed E-state index contributed by atoms with van der Waals surface area (Å²) in [6.07, 6.45) is 1.80. The van der Waals surface area contributed by atoms with E-state index in [1.807, 2.05) is 17.8 Å². The first-order valence-electron chi connectivity index (χ1n) is 8.69. The number of nitrogens with zero attached hydrogens (tertiary/aromatic N) is 4. The van der Waals surface area contributed by atoms with Crippen LogP contribution in [0.5, 0.6) is 0 Å². The van der Waals surface area contributed by atoms with Gasteiger partial charge in [0.2, 0.25) is 0 Å². The molecular formula is C19H30N6. The van der Waals surface area contributed by atoms with Crippen molar-refractivity contribution in [2.45, 2.75) is 39.5 Å². The van der Waals surface area contributed by atoms with Crippen molar-refractivity contribution in [2.75, 3.05) is 14.1 Å². The normalized spacial score (nSPS) is 12.0. The molecule has 6 heteroatoms. The summed E-state index contributed by atoms with van der Waals surface area (Å²) in [5.41, 5.74) is 3.74. The fourth-order valence-electron chi connectivity index (χ4n) is 2.48. The van der Waals surface area contributed by atoms with E-state index in [0.29, 0.717) is 12.6 Å². The predicted molar refractivity (Wildman–Crippen MR) is 103 cm³/mol. The first-order valence-corrected chi connectivity index (χ1v) is 8.69. The van der Waals surface area contributed by atoms with Gasteiger partial charge in [0.1, 0.15) is 0 Å². The van der Waals surface area contributed by atoms with Gasteiger partial charge in [-0.15, -0.1) is 0 Å². The highest BCUT2D eigenvalue weighted by atomic mass is 15.3. The molecule has 1 heterocycles. The van der Waals surface area contributed by atoms with Gasteiger partial charge in [-0.2, -0.15) is 5.10 Å². The molecule has 0 unspecified atom stereocenters. The molecule has 136 valence electrons. The van der Waals surface area contributed by atoms with Crippen molar-refractivity contribution in [2.24, 2.45) is 12.0 Å². The van der Waals surface area contributed by atoms with E-state index in [1.165, 1.54) is 11.1 Å². The fourth-order valence-corrected chi connectivity index (χ4v) is 2.48. The number of aliphatic imine (C=N–C) groups is 1. The van der Waals surface area contributed by atoms with Crippen molar-refractivity contribution >= 4 is 5.96 Å². The molecule has 0 atom stereocenters. The lowest BCUT2D eigenvalue weighted by Gasteiger charge is -2.23. The Labute approximate surface area is 151 Å². The number of benzene rings is 1. The number of aromatic nitrogens is 2. The molecule has 2 N–H and O–H groups in total. The average Bonchev–Trinajstić information content (AvgIpc) is 3.01. The Bertz CT molecular complexity index is 689. The summed E-state index contributed by atoms with van der Waals surface area (Å²) in [5.74, 6) is 0.785. The zero-order chi connectivity index (χ0) is 18.2. The van der Waals surface area contributed by atoms with Crippen LogP contribution in [0.1, 0.15) is 30.7 Å². The summed E-state index contributed by atoms with van der Waals surface area (Å²) in [6.45, 7) is 6.80. The molecule has 0 saturated carbocycles. The quantitative estimate of drug-likeness (QED) is 0.598. The van der Waals surface area contributed by atoms with Gasteiger partial charge in [-0.3, -0.25) is 14.6 Å². The lowest BCUT2D eigenvalue weighted by atomic mass is 10.1. The maximum absolute atomic E-state index is 4.31. The lowest BCUT2D eigenvalue weighted by molar-refractivity contribution is 0.265. The smallest absolute Gasteiger partial charge is 0.191 e. The number of hydrogen-bond acceptors (Lipinski definition) is 3. The van der Waals surface area contributed by atoms with Crippen molar-refractivity contribution in [3.63, 3.8) is 0 Å². The molecule has 0 aliphatic carbocycles. The van der Waals surface area contributed by atoms with Gasteiger partial charge in [-0.1, -0.05) is 24.3 Å². The van der Waals surface area contributed by atoms with Crippen LogP contribution in [0.2, 0.25) is 0 Å². The Morgan fingerprint density at radius 3 is 2.44 bits per heavy atom. The van der Waals surface area contributed by atoms with Crippen LogP contribution < -0.4 is 10.6 Å². The fraction of sp³-hybridized carbons (Fsp3) is 0.474. The van der Waals surface area contributed by atoms with Crippen molar-refractivity contribution in [1.82, 2.24) is 25.3 Å². The molecule has 2 aromatic rings. The Morgan fingerprint density at radius 2 is 1.84 bits per heavy atom. The molecule has 0 aliphatic rings. The van der Waals surface area contributed by atoms with E-state index < -0.39 is 0 Å². The molecule has 0 amide bonds.